The molecule has 0 N–H and O–H groups in total. The number of aryl methyl sites for hydroxylation is 1. The van der Waals surface area contributed by atoms with E-state index in [1.807, 2.05) is 41.9 Å². The maximum absolute atomic E-state index is 14.2. The number of fused-ring (bicyclic) bond motifs is 4. The average Bonchev–Trinajstić information content (AvgIpc) is 3.42. The molecule has 1 saturated heterocycles. The number of piperidine rings is 1. The Hall–Kier alpha value is -3.91. The number of nitrogens with zero attached hydrogens (tertiary/aromatic N) is 4. The Bertz CT molecular complexity index is 1970. The SMILES string of the molecule is COc1cc(C(=O)N2CC3CCC2[C@@H]3C)cc2nc(-c3cc4ccc(-c5cc(F)c(F)c(Cl)c5)cc4n3CC3CC3)n(C)c12. The van der Waals surface area contributed by atoms with Crippen LogP contribution in [0.4, 0.5) is 8.78 Å². The summed E-state index contributed by atoms with van der Waals surface area (Å²) in [6.07, 6.45) is 4.60. The van der Waals surface area contributed by atoms with Gasteiger partial charge in [0.1, 0.15) is 11.3 Å². The number of halogens is 3. The number of aromatic nitrogens is 3. The van der Waals surface area contributed by atoms with E-state index in [1.165, 1.54) is 18.6 Å². The van der Waals surface area contributed by atoms with E-state index in [2.05, 4.69) is 22.5 Å². The van der Waals surface area contributed by atoms with Crippen LogP contribution in [0.1, 0.15) is 43.0 Å². The molecule has 2 saturated carbocycles. The quantitative estimate of drug-likeness (QED) is 0.182. The molecular formula is C35H33ClF2N4O2. The van der Waals surface area contributed by atoms with Gasteiger partial charge in [0, 0.05) is 42.6 Å². The van der Waals surface area contributed by atoms with Crippen molar-refractivity contribution in [1.82, 2.24) is 19.0 Å². The van der Waals surface area contributed by atoms with E-state index in [9.17, 15) is 13.6 Å². The summed E-state index contributed by atoms with van der Waals surface area (Å²) in [5, 5.41) is 0.776. The van der Waals surface area contributed by atoms with Gasteiger partial charge in [-0.3, -0.25) is 4.79 Å². The highest BCUT2D eigenvalue weighted by molar-refractivity contribution is 6.31. The average molecular weight is 615 g/mol. The van der Waals surface area contributed by atoms with Crippen molar-refractivity contribution in [3.05, 3.63) is 70.8 Å². The number of ether oxygens (including phenoxy) is 1. The number of benzene rings is 3. The molecule has 3 aromatic carbocycles. The fourth-order valence-corrected chi connectivity index (χ4v) is 7.83. The normalized spacial score (nSPS) is 21.2. The lowest BCUT2D eigenvalue weighted by Crippen LogP contribution is -2.38. The molecule has 0 radical (unpaired) electrons. The van der Waals surface area contributed by atoms with E-state index in [0.29, 0.717) is 46.2 Å². The zero-order valence-electron chi connectivity index (χ0n) is 24.9. The van der Waals surface area contributed by atoms with Gasteiger partial charge in [-0.1, -0.05) is 30.7 Å². The first kappa shape index (κ1) is 27.6. The lowest BCUT2D eigenvalue weighted by atomic mass is 10.0. The summed E-state index contributed by atoms with van der Waals surface area (Å²) < 4.78 is 38.3. The molecule has 5 aromatic rings. The summed E-state index contributed by atoms with van der Waals surface area (Å²) in [4.78, 5) is 20.9. The fourth-order valence-electron chi connectivity index (χ4n) is 7.62. The topological polar surface area (TPSA) is 52.3 Å². The number of hydrogen-bond acceptors (Lipinski definition) is 3. The van der Waals surface area contributed by atoms with Gasteiger partial charge in [0.25, 0.3) is 5.91 Å². The van der Waals surface area contributed by atoms with Crippen LogP contribution in [0.3, 0.4) is 0 Å². The number of hydrogen-bond donors (Lipinski definition) is 0. The van der Waals surface area contributed by atoms with Crippen LogP contribution in [0.15, 0.2) is 48.5 Å². The molecule has 3 aliphatic rings. The summed E-state index contributed by atoms with van der Waals surface area (Å²) in [5.74, 6) is 1.11. The standard InChI is InChI=1S/C35H33ClF2N4O2/c1-18-22-8-9-28(18)42(17-22)35(43)24-12-27-33(31(15-24)44-3)40(2)34(39-27)30-14-21-7-6-20(13-29(21)41(30)16-19-4-5-19)23-10-25(36)32(38)26(37)11-23/h6-7,10-15,18-19,22,28H,4-5,8-9,16-17H2,1-3H3/t18-,22?,28?/m1/s1. The number of carbonyl (C=O) groups is 1. The lowest BCUT2D eigenvalue weighted by molar-refractivity contribution is 0.0696. The zero-order chi connectivity index (χ0) is 30.4. The van der Waals surface area contributed by atoms with E-state index in [-0.39, 0.29) is 10.9 Å². The number of rotatable bonds is 6. The highest BCUT2D eigenvalue weighted by Crippen LogP contribution is 2.44. The maximum atomic E-state index is 14.2. The minimum atomic E-state index is -1.04. The third-order valence-electron chi connectivity index (χ3n) is 10.3. The van der Waals surface area contributed by atoms with Crippen molar-refractivity contribution in [2.75, 3.05) is 13.7 Å². The number of carbonyl (C=O) groups excluding carboxylic acids is 1. The van der Waals surface area contributed by atoms with Crippen molar-refractivity contribution >= 4 is 39.4 Å². The van der Waals surface area contributed by atoms with Crippen LogP contribution in [-0.2, 0) is 13.6 Å². The molecule has 226 valence electrons. The molecular weight excluding hydrogens is 582 g/mol. The molecule has 0 spiro atoms. The molecule has 1 aliphatic heterocycles. The third kappa shape index (κ3) is 4.25. The Balaban J connectivity index is 1.24. The first-order valence-corrected chi connectivity index (χ1v) is 15.7. The van der Waals surface area contributed by atoms with Crippen molar-refractivity contribution in [2.24, 2.45) is 24.8 Å². The second-order valence-electron chi connectivity index (χ2n) is 12.9. The van der Waals surface area contributed by atoms with E-state index in [1.54, 1.807) is 7.11 Å². The Kier molecular flexibility index (Phi) is 6.32. The van der Waals surface area contributed by atoms with E-state index in [4.69, 9.17) is 21.3 Å². The van der Waals surface area contributed by atoms with Crippen LogP contribution in [-0.4, -0.2) is 44.6 Å². The number of methoxy groups -OCH3 is 1. The molecule has 8 rings (SSSR count). The Morgan fingerprint density at radius 2 is 1.86 bits per heavy atom. The second-order valence-corrected chi connectivity index (χ2v) is 13.3. The molecule has 1 amide bonds. The summed E-state index contributed by atoms with van der Waals surface area (Å²) in [6.45, 7) is 3.90. The predicted molar refractivity (Wildman–Crippen MR) is 168 cm³/mol. The van der Waals surface area contributed by atoms with E-state index >= 15 is 0 Å². The fraction of sp³-hybridized carbons (Fsp3) is 0.371. The van der Waals surface area contributed by atoms with Gasteiger partial charge in [-0.15, -0.1) is 0 Å². The molecule has 44 heavy (non-hydrogen) atoms. The van der Waals surface area contributed by atoms with Crippen molar-refractivity contribution in [2.45, 2.75) is 45.2 Å². The predicted octanol–water partition coefficient (Wildman–Crippen LogP) is 8.08. The number of amides is 1. The molecule has 2 aliphatic carbocycles. The van der Waals surface area contributed by atoms with Crippen LogP contribution >= 0.6 is 11.6 Å². The van der Waals surface area contributed by atoms with Gasteiger partial charge in [0.2, 0.25) is 0 Å². The van der Waals surface area contributed by atoms with Crippen LogP contribution in [0.2, 0.25) is 5.02 Å². The van der Waals surface area contributed by atoms with Crippen molar-refractivity contribution in [3.8, 4) is 28.4 Å². The van der Waals surface area contributed by atoms with Gasteiger partial charge in [-0.2, -0.15) is 0 Å². The van der Waals surface area contributed by atoms with Gasteiger partial charge < -0.3 is 18.8 Å². The van der Waals surface area contributed by atoms with Crippen LogP contribution in [0.25, 0.3) is 44.6 Å². The molecule has 2 bridgehead atoms. The first-order chi connectivity index (χ1) is 21.2. The Labute approximate surface area is 259 Å². The summed E-state index contributed by atoms with van der Waals surface area (Å²) in [5.41, 5.74) is 5.34. The zero-order valence-corrected chi connectivity index (χ0v) is 25.7. The second kappa shape index (κ2) is 10.1. The van der Waals surface area contributed by atoms with E-state index < -0.39 is 11.6 Å². The number of likely N-dealkylation sites (tertiary alicyclic amines) is 1. The van der Waals surface area contributed by atoms with Crippen molar-refractivity contribution in [3.63, 3.8) is 0 Å². The maximum Gasteiger partial charge on any atom is 0.254 e. The molecule has 3 atom stereocenters. The summed E-state index contributed by atoms with van der Waals surface area (Å²) in [7, 11) is 3.61. The third-order valence-corrected chi connectivity index (χ3v) is 10.5. The minimum Gasteiger partial charge on any atom is -0.494 e. The van der Waals surface area contributed by atoms with Gasteiger partial charge in [-0.25, -0.2) is 13.8 Å². The van der Waals surface area contributed by atoms with Crippen molar-refractivity contribution in [1.29, 1.82) is 0 Å². The largest absolute Gasteiger partial charge is 0.494 e. The molecule has 2 aromatic heterocycles. The van der Waals surface area contributed by atoms with Crippen LogP contribution in [0, 0.1) is 29.4 Å². The summed E-state index contributed by atoms with van der Waals surface area (Å²) in [6, 6.07) is 14.7. The molecule has 2 unspecified atom stereocenters. The molecule has 3 fully saturated rings. The van der Waals surface area contributed by atoms with Gasteiger partial charge in [0.15, 0.2) is 17.5 Å². The van der Waals surface area contributed by atoms with Gasteiger partial charge >= 0.3 is 0 Å². The lowest BCUT2D eigenvalue weighted by Gasteiger charge is -2.27. The minimum absolute atomic E-state index is 0.0455. The molecule has 6 nitrogen and oxygen atoms in total. The van der Waals surface area contributed by atoms with Gasteiger partial charge in [0.05, 0.1) is 23.3 Å². The van der Waals surface area contributed by atoms with Crippen LogP contribution < -0.4 is 4.74 Å². The molecule has 9 heteroatoms. The smallest absolute Gasteiger partial charge is 0.254 e. The highest BCUT2D eigenvalue weighted by atomic mass is 35.5. The van der Waals surface area contributed by atoms with Gasteiger partial charge in [-0.05, 0) is 91.0 Å². The first-order valence-electron chi connectivity index (χ1n) is 15.4. The Morgan fingerprint density at radius 1 is 1.05 bits per heavy atom. The molecule has 3 heterocycles. The van der Waals surface area contributed by atoms with Crippen LogP contribution in [0.5, 0.6) is 5.75 Å². The highest BCUT2D eigenvalue weighted by Gasteiger charge is 2.46. The van der Waals surface area contributed by atoms with Crippen molar-refractivity contribution < 1.29 is 18.3 Å². The summed E-state index contributed by atoms with van der Waals surface area (Å²) >= 11 is 5.99. The van der Waals surface area contributed by atoms with E-state index in [0.717, 1.165) is 65.9 Å². The Morgan fingerprint density at radius 3 is 2.55 bits per heavy atom. The number of imidazole rings is 1. The monoisotopic (exact) mass is 614 g/mol.